The molecule has 2 amide bonds. The van der Waals surface area contributed by atoms with E-state index < -0.39 is 0 Å². The number of hydrogen-bond donors (Lipinski definition) is 3. The van der Waals surface area contributed by atoms with Gasteiger partial charge in [-0.2, -0.15) is 0 Å². The number of nitrogens with zero attached hydrogens (tertiary/aromatic N) is 1. The number of piperidine rings is 3. The van der Waals surface area contributed by atoms with Crippen LogP contribution in [0.25, 0.3) is 0 Å². The van der Waals surface area contributed by atoms with Crippen LogP contribution in [-0.2, 0) is 37.0 Å². The van der Waals surface area contributed by atoms with Crippen molar-refractivity contribution in [2.75, 3.05) is 37.4 Å². The lowest BCUT2D eigenvalue weighted by Gasteiger charge is -2.45. The van der Waals surface area contributed by atoms with Crippen molar-refractivity contribution in [3.63, 3.8) is 0 Å². The number of fused-ring (bicyclic) bond motifs is 4. The summed E-state index contributed by atoms with van der Waals surface area (Å²) in [6.07, 6.45) is 8.08. The minimum absolute atomic E-state index is 0.191. The van der Waals surface area contributed by atoms with Gasteiger partial charge in [0.1, 0.15) is 5.00 Å². The number of aryl methyl sites for hydroxylation is 3. The van der Waals surface area contributed by atoms with Crippen LogP contribution in [0.5, 0.6) is 0 Å². The molecule has 4 aliphatic rings. The Labute approximate surface area is 292 Å². The van der Waals surface area contributed by atoms with Crippen molar-refractivity contribution >= 4 is 39.8 Å². The molecule has 8 rings (SSSR count). The first-order valence-electron chi connectivity index (χ1n) is 17.5. The highest BCUT2D eigenvalue weighted by Gasteiger charge is 2.33. The molecule has 1 aromatic heterocycles. The standard InChI is InChI=1S/C40H44N4O4S/c1-48-40(47)30-15-11-26(12-16-30)9-10-27-13-17-32(18-14-27)42-38(46)36-33-7-2-3-8-35(33)49-39(36)43-37(45)31-6-4-5-28(23-31)24-41-34-25-44-21-19-29(34)20-22-44/h4-6,11-18,23,29,34,41H,2-3,7-10,19-22,24-25H2,1H3,(H,42,46)(H,43,45)/t34-/m1/s1. The lowest BCUT2D eigenvalue weighted by atomic mass is 9.84. The van der Waals surface area contributed by atoms with Gasteiger partial charge >= 0.3 is 5.97 Å². The number of carbonyl (C=O) groups excluding carboxylic acids is 3. The van der Waals surface area contributed by atoms with E-state index >= 15 is 0 Å². The zero-order valence-corrected chi connectivity index (χ0v) is 28.9. The summed E-state index contributed by atoms with van der Waals surface area (Å²) in [7, 11) is 1.38. The van der Waals surface area contributed by atoms with Crippen LogP contribution in [0.3, 0.4) is 0 Å². The van der Waals surface area contributed by atoms with Crippen LogP contribution in [0.2, 0.25) is 0 Å². The average Bonchev–Trinajstić information content (AvgIpc) is 3.52. The van der Waals surface area contributed by atoms with Gasteiger partial charge < -0.3 is 25.6 Å². The number of nitrogens with one attached hydrogen (secondary N) is 3. The Hall–Kier alpha value is -4.31. The van der Waals surface area contributed by atoms with Crippen LogP contribution in [0.4, 0.5) is 10.7 Å². The van der Waals surface area contributed by atoms with E-state index in [0.717, 1.165) is 79.8 Å². The SMILES string of the molecule is COC(=O)c1ccc(CCc2ccc(NC(=O)c3c(NC(=O)c4cccc(CN[C@@H]5CN6CCC5CC6)c4)sc4c3CCCC4)cc2)cc1. The Bertz CT molecular complexity index is 1810. The third-order valence-corrected chi connectivity index (χ3v) is 11.5. The number of benzene rings is 3. The fourth-order valence-corrected chi connectivity index (χ4v) is 8.78. The Morgan fingerprint density at radius 2 is 1.53 bits per heavy atom. The number of methoxy groups -OCH3 is 1. The van der Waals surface area contributed by atoms with Crippen molar-refractivity contribution in [1.82, 2.24) is 10.2 Å². The third-order valence-electron chi connectivity index (χ3n) is 10.3. The number of amides is 2. The summed E-state index contributed by atoms with van der Waals surface area (Å²) in [5.74, 6) is 0.0219. The van der Waals surface area contributed by atoms with Crippen molar-refractivity contribution < 1.29 is 19.1 Å². The van der Waals surface area contributed by atoms with E-state index in [2.05, 4.69) is 26.9 Å². The molecule has 3 aliphatic heterocycles. The van der Waals surface area contributed by atoms with E-state index in [9.17, 15) is 14.4 Å². The number of anilines is 2. The molecule has 49 heavy (non-hydrogen) atoms. The van der Waals surface area contributed by atoms with Crippen LogP contribution in [0, 0.1) is 5.92 Å². The highest BCUT2D eigenvalue weighted by molar-refractivity contribution is 7.17. The predicted molar refractivity (Wildman–Crippen MR) is 195 cm³/mol. The molecule has 9 heteroatoms. The number of carbonyl (C=O) groups is 3. The topological polar surface area (TPSA) is 99.8 Å². The summed E-state index contributed by atoms with van der Waals surface area (Å²) >= 11 is 1.54. The Kier molecular flexibility index (Phi) is 10.2. The summed E-state index contributed by atoms with van der Waals surface area (Å²) in [5, 5.41) is 10.6. The molecule has 3 fully saturated rings. The van der Waals surface area contributed by atoms with Crippen LogP contribution in [0.1, 0.15) is 83.9 Å². The Balaban J connectivity index is 0.990. The van der Waals surface area contributed by atoms with Gasteiger partial charge in [-0.1, -0.05) is 36.4 Å². The van der Waals surface area contributed by atoms with Gasteiger partial charge in [0.2, 0.25) is 0 Å². The molecule has 4 heterocycles. The van der Waals surface area contributed by atoms with Gasteiger partial charge in [-0.3, -0.25) is 9.59 Å². The lowest BCUT2D eigenvalue weighted by molar-refractivity contribution is 0.0600. The van der Waals surface area contributed by atoms with Crippen molar-refractivity contribution in [3.8, 4) is 0 Å². The Morgan fingerprint density at radius 3 is 2.22 bits per heavy atom. The average molecular weight is 677 g/mol. The summed E-state index contributed by atoms with van der Waals surface area (Å²) in [5.41, 5.74) is 6.88. The summed E-state index contributed by atoms with van der Waals surface area (Å²) in [6.45, 7) is 4.28. The zero-order chi connectivity index (χ0) is 33.7. The first kappa shape index (κ1) is 33.2. The van der Waals surface area contributed by atoms with Crippen LogP contribution >= 0.6 is 11.3 Å². The molecule has 0 unspecified atom stereocenters. The van der Waals surface area contributed by atoms with Crippen LogP contribution in [0.15, 0.2) is 72.8 Å². The molecular weight excluding hydrogens is 633 g/mol. The van der Waals surface area contributed by atoms with Gasteiger partial charge in [-0.15, -0.1) is 11.3 Å². The van der Waals surface area contributed by atoms with Gasteiger partial charge in [-0.25, -0.2) is 4.79 Å². The van der Waals surface area contributed by atoms with Crippen molar-refractivity contribution in [2.45, 2.75) is 64.0 Å². The second-order valence-electron chi connectivity index (χ2n) is 13.5. The van der Waals surface area contributed by atoms with Gasteiger partial charge in [-0.05, 0) is 129 Å². The molecule has 0 spiro atoms. The van der Waals surface area contributed by atoms with Gasteiger partial charge in [0.15, 0.2) is 0 Å². The first-order valence-corrected chi connectivity index (χ1v) is 18.3. The summed E-state index contributed by atoms with van der Waals surface area (Å²) < 4.78 is 4.78. The number of esters is 1. The molecule has 8 nitrogen and oxygen atoms in total. The fourth-order valence-electron chi connectivity index (χ4n) is 7.50. The minimum Gasteiger partial charge on any atom is -0.465 e. The van der Waals surface area contributed by atoms with E-state index in [1.54, 1.807) is 12.1 Å². The number of hydrogen-bond acceptors (Lipinski definition) is 7. The molecule has 0 saturated carbocycles. The fraction of sp³-hybridized carbons (Fsp3) is 0.375. The quantitative estimate of drug-likeness (QED) is 0.150. The van der Waals surface area contributed by atoms with E-state index in [0.29, 0.717) is 33.4 Å². The molecule has 254 valence electrons. The van der Waals surface area contributed by atoms with E-state index in [1.807, 2.05) is 54.6 Å². The molecule has 4 aromatic rings. The second-order valence-corrected chi connectivity index (χ2v) is 14.6. The number of ether oxygens (including phenoxy) is 1. The van der Waals surface area contributed by atoms with Crippen molar-refractivity contribution in [2.24, 2.45) is 5.92 Å². The minimum atomic E-state index is -0.338. The molecule has 3 aromatic carbocycles. The smallest absolute Gasteiger partial charge is 0.337 e. The predicted octanol–water partition coefficient (Wildman–Crippen LogP) is 6.89. The van der Waals surface area contributed by atoms with E-state index in [4.69, 9.17) is 4.74 Å². The highest BCUT2D eigenvalue weighted by Crippen LogP contribution is 2.39. The number of thiophene rings is 1. The van der Waals surface area contributed by atoms with E-state index in [-0.39, 0.29) is 17.8 Å². The normalized spacial score (nSPS) is 19.6. The molecule has 1 atom stereocenters. The lowest BCUT2D eigenvalue weighted by Crippen LogP contribution is -2.55. The third kappa shape index (κ3) is 7.80. The molecule has 3 N–H and O–H groups in total. The van der Waals surface area contributed by atoms with Crippen LogP contribution in [-0.4, -0.2) is 55.5 Å². The summed E-state index contributed by atoms with van der Waals surface area (Å²) in [6, 6.07) is 23.7. The number of rotatable bonds is 11. The zero-order valence-electron chi connectivity index (χ0n) is 28.1. The molecule has 2 bridgehead atoms. The van der Waals surface area contributed by atoms with Crippen molar-refractivity contribution in [1.29, 1.82) is 0 Å². The molecule has 3 saturated heterocycles. The maximum atomic E-state index is 13.8. The molecule has 1 aliphatic carbocycles. The Morgan fingerprint density at radius 1 is 0.816 bits per heavy atom. The maximum Gasteiger partial charge on any atom is 0.337 e. The molecule has 0 radical (unpaired) electrons. The largest absolute Gasteiger partial charge is 0.465 e. The maximum absolute atomic E-state index is 13.8. The highest BCUT2D eigenvalue weighted by atomic mass is 32.1. The van der Waals surface area contributed by atoms with E-state index in [1.165, 1.54) is 49.3 Å². The van der Waals surface area contributed by atoms with Gasteiger partial charge in [0.05, 0.1) is 18.2 Å². The van der Waals surface area contributed by atoms with Gasteiger partial charge in [0.25, 0.3) is 11.8 Å². The summed E-state index contributed by atoms with van der Waals surface area (Å²) in [4.78, 5) is 42.9. The second kappa shape index (κ2) is 15.1. The van der Waals surface area contributed by atoms with Gasteiger partial charge in [0, 0.05) is 35.3 Å². The van der Waals surface area contributed by atoms with Crippen LogP contribution < -0.4 is 16.0 Å². The monoisotopic (exact) mass is 676 g/mol. The molecular formula is C40H44N4O4S. The van der Waals surface area contributed by atoms with Crippen molar-refractivity contribution in [3.05, 3.63) is 117 Å². The first-order chi connectivity index (χ1) is 23.9.